The van der Waals surface area contributed by atoms with Crippen LogP contribution in [-0.4, -0.2) is 53.1 Å². The highest BCUT2D eigenvalue weighted by atomic mass is 19.4. The highest BCUT2D eigenvalue weighted by molar-refractivity contribution is 5.77. The number of urea groups is 1. The third-order valence-electron chi connectivity index (χ3n) is 4.78. The lowest BCUT2D eigenvalue weighted by Gasteiger charge is -2.42. The van der Waals surface area contributed by atoms with E-state index in [2.05, 4.69) is 0 Å². The fraction of sp³-hybridized carbons (Fsp3) is 0.867. The Morgan fingerprint density at radius 2 is 1.52 bits per heavy atom. The zero-order chi connectivity index (χ0) is 17.0. The molecule has 23 heavy (non-hydrogen) atoms. The molecule has 1 aliphatic heterocycles. The summed E-state index contributed by atoms with van der Waals surface area (Å²) in [6, 6.07) is -0.411. The number of amides is 3. The molecule has 1 saturated heterocycles. The van der Waals surface area contributed by atoms with Crippen LogP contribution in [0, 0.1) is 0 Å². The van der Waals surface area contributed by atoms with Crippen molar-refractivity contribution in [3.8, 4) is 0 Å². The van der Waals surface area contributed by atoms with Gasteiger partial charge in [-0.2, -0.15) is 13.2 Å². The van der Waals surface area contributed by atoms with Crippen LogP contribution in [0.3, 0.4) is 0 Å². The number of primary amides is 1. The maximum absolute atomic E-state index is 12.3. The first-order valence-electron chi connectivity index (χ1n) is 8.20. The number of rotatable bonds is 3. The average Bonchev–Trinajstić information content (AvgIpc) is 2.47. The van der Waals surface area contributed by atoms with Crippen molar-refractivity contribution < 1.29 is 22.8 Å². The minimum Gasteiger partial charge on any atom is -0.351 e. The molecule has 1 saturated carbocycles. The van der Waals surface area contributed by atoms with E-state index in [0.717, 1.165) is 32.1 Å². The van der Waals surface area contributed by atoms with Gasteiger partial charge in [0.15, 0.2) is 0 Å². The van der Waals surface area contributed by atoms with Crippen molar-refractivity contribution in [2.75, 3.05) is 13.1 Å². The van der Waals surface area contributed by atoms with Gasteiger partial charge in [0.25, 0.3) is 0 Å². The summed E-state index contributed by atoms with van der Waals surface area (Å²) in [5, 5.41) is 0. The molecule has 0 spiro atoms. The van der Waals surface area contributed by atoms with Crippen LogP contribution in [0.4, 0.5) is 18.0 Å². The summed E-state index contributed by atoms with van der Waals surface area (Å²) in [6.45, 7) is 0.492. The van der Waals surface area contributed by atoms with Crippen LogP contribution in [0.5, 0.6) is 0 Å². The topological polar surface area (TPSA) is 66.6 Å². The van der Waals surface area contributed by atoms with Crippen molar-refractivity contribution in [3.63, 3.8) is 0 Å². The molecule has 3 amide bonds. The third kappa shape index (κ3) is 5.00. The van der Waals surface area contributed by atoms with Crippen molar-refractivity contribution in [2.24, 2.45) is 5.73 Å². The van der Waals surface area contributed by atoms with E-state index >= 15 is 0 Å². The summed E-state index contributed by atoms with van der Waals surface area (Å²) in [6.07, 6.45) is 0.232. The van der Waals surface area contributed by atoms with Crippen LogP contribution in [0.25, 0.3) is 0 Å². The fourth-order valence-corrected chi connectivity index (χ4v) is 3.69. The Balaban J connectivity index is 1.91. The Kier molecular flexibility index (Phi) is 5.75. The lowest BCUT2D eigenvalue weighted by molar-refractivity contribution is -0.162. The molecular weight excluding hydrogens is 311 g/mol. The van der Waals surface area contributed by atoms with Crippen LogP contribution in [0.2, 0.25) is 0 Å². The first kappa shape index (κ1) is 17.9. The number of nitrogens with zero attached hydrogens (tertiary/aromatic N) is 2. The number of halogens is 3. The largest absolute Gasteiger partial charge is 0.397 e. The lowest BCUT2D eigenvalue weighted by Crippen LogP contribution is -2.54. The number of hydrogen-bond donors (Lipinski definition) is 1. The average molecular weight is 335 g/mol. The van der Waals surface area contributed by atoms with Gasteiger partial charge < -0.3 is 15.5 Å². The zero-order valence-electron chi connectivity index (χ0n) is 13.1. The van der Waals surface area contributed by atoms with Gasteiger partial charge in [0.1, 0.15) is 6.42 Å². The molecule has 0 unspecified atom stereocenters. The van der Waals surface area contributed by atoms with Gasteiger partial charge in [0.2, 0.25) is 5.91 Å². The van der Waals surface area contributed by atoms with Gasteiger partial charge in [-0.05, 0) is 25.7 Å². The van der Waals surface area contributed by atoms with Crippen LogP contribution in [0.15, 0.2) is 0 Å². The molecule has 0 aromatic rings. The molecule has 0 atom stereocenters. The van der Waals surface area contributed by atoms with E-state index in [1.54, 1.807) is 4.90 Å². The summed E-state index contributed by atoms with van der Waals surface area (Å²) in [5.74, 6) is -0.890. The Hall–Kier alpha value is -1.47. The van der Waals surface area contributed by atoms with E-state index in [1.807, 2.05) is 0 Å². The standard InChI is InChI=1S/C15H24F3N3O2/c16-15(17,18)10-13(22)20-8-6-12(7-9-20)21(14(19)23)11-4-2-1-3-5-11/h11-12H,1-10H2,(H2,19,23). The minimum absolute atomic E-state index is 0.0782. The first-order valence-corrected chi connectivity index (χ1v) is 8.20. The third-order valence-corrected chi connectivity index (χ3v) is 4.78. The molecule has 8 heteroatoms. The monoisotopic (exact) mass is 335 g/mol. The Morgan fingerprint density at radius 1 is 1.00 bits per heavy atom. The van der Waals surface area contributed by atoms with Crippen molar-refractivity contribution in [1.82, 2.24) is 9.80 Å². The second-order valence-corrected chi connectivity index (χ2v) is 6.44. The predicted molar refractivity (Wildman–Crippen MR) is 78.6 cm³/mol. The molecule has 5 nitrogen and oxygen atoms in total. The molecule has 2 fully saturated rings. The summed E-state index contributed by atoms with van der Waals surface area (Å²) in [4.78, 5) is 26.4. The van der Waals surface area contributed by atoms with Crippen molar-refractivity contribution in [2.45, 2.75) is 69.6 Å². The van der Waals surface area contributed by atoms with E-state index in [0.29, 0.717) is 12.8 Å². The highest BCUT2D eigenvalue weighted by Gasteiger charge is 2.37. The Bertz CT molecular complexity index is 428. The van der Waals surface area contributed by atoms with Crippen molar-refractivity contribution in [3.05, 3.63) is 0 Å². The summed E-state index contributed by atoms with van der Waals surface area (Å²) < 4.78 is 36.9. The van der Waals surface area contributed by atoms with Crippen molar-refractivity contribution in [1.29, 1.82) is 0 Å². The minimum atomic E-state index is -4.48. The van der Waals surface area contributed by atoms with Crippen LogP contribution in [-0.2, 0) is 4.79 Å². The molecule has 132 valence electrons. The molecule has 2 rings (SSSR count). The molecule has 0 aromatic carbocycles. The second kappa shape index (κ2) is 7.40. The number of carbonyl (C=O) groups excluding carboxylic acids is 2. The van der Waals surface area contributed by atoms with Crippen LogP contribution in [0.1, 0.15) is 51.4 Å². The quantitative estimate of drug-likeness (QED) is 0.861. The Labute approximate surface area is 134 Å². The van der Waals surface area contributed by atoms with Gasteiger partial charge in [-0.25, -0.2) is 4.79 Å². The smallest absolute Gasteiger partial charge is 0.351 e. The number of hydrogen-bond acceptors (Lipinski definition) is 2. The predicted octanol–water partition coefficient (Wildman–Crippen LogP) is 2.64. The normalized spacial score (nSPS) is 21.3. The summed E-state index contributed by atoms with van der Waals surface area (Å²) in [5.41, 5.74) is 5.53. The fourth-order valence-electron chi connectivity index (χ4n) is 3.69. The zero-order valence-corrected chi connectivity index (χ0v) is 13.1. The highest BCUT2D eigenvalue weighted by Crippen LogP contribution is 2.28. The number of carbonyl (C=O) groups is 2. The van der Waals surface area contributed by atoms with E-state index in [9.17, 15) is 22.8 Å². The molecule has 2 N–H and O–H groups in total. The number of alkyl halides is 3. The lowest BCUT2D eigenvalue weighted by atomic mass is 9.91. The Morgan fingerprint density at radius 3 is 2.00 bits per heavy atom. The number of likely N-dealkylation sites (tertiary alicyclic amines) is 1. The van der Waals surface area contributed by atoms with Gasteiger partial charge in [0.05, 0.1) is 0 Å². The maximum atomic E-state index is 12.3. The molecule has 1 heterocycles. The SMILES string of the molecule is NC(=O)N(C1CCCCC1)C1CCN(C(=O)CC(F)(F)F)CC1. The molecule has 0 aromatic heterocycles. The number of piperidine rings is 1. The van der Waals surface area contributed by atoms with Gasteiger partial charge in [-0.1, -0.05) is 19.3 Å². The summed E-state index contributed by atoms with van der Waals surface area (Å²) >= 11 is 0. The molecular formula is C15H24F3N3O2. The molecule has 2 aliphatic rings. The first-order chi connectivity index (χ1) is 10.8. The van der Waals surface area contributed by atoms with Gasteiger partial charge >= 0.3 is 12.2 Å². The maximum Gasteiger partial charge on any atom is 0.397 e. The van der Waals surface area contributed by atoms with E-state index < -0.39 is 24.5 Å². The molecule has 1 aliphatic carbocycles. The molecule has 0 radical (unpaired) electrons. The van der Waals surface area contributed by atoms with E-state index in [4.69, 9.17) is 5.73 Å². The van der Waals surface area contributed by atoms with Gasteiger partial charge in [-0.15, -0.1) is 0 Å². The van der Waals surface area contributed by atoms with Crippen molar-refractivity contribution >= 4 is 11.9 Å². The van der Waals surface area contributed by atoms with Crippen LogP contribution >= 0.6 is 0 Å². The van der Waals surface area contributed by atoms with E-state index in [1.165, 1.54) is 4.90 Å². The van der Waals surface area contributed by atoms with Crippen LogP contribution < -0.4 is 5.73 Å². The molecule has 0 bridgehead atoms. The second-order valence-electron chi connectivity index (χ2n) is 6.44. The van der Waals surface area contributed by atoms with Gasteiger partial charge in [-0.3, -0.25) is 4.79 Å². The summed E-state index contributed by atoms with van der Waals surface area (Å²) in [7, 11) is 0. The number of nitrogens with two attached hydrogens (primary N) is 1. The van der Waals surface area contributed by atoms with E-state index in [-0.39, 0.29) is 25.2 Å². The van der Waals surface area contributed by atoms with Gasteiger partial charge in [0, 0.05) is 25.2 Å².